The van der Waals surface area contributed by atoms with Crippen LogP contribution in [0, 0.1) is 0 Å². The van der Waals surface area contributed by atoms with Crippen LogP contribution >= 0.6 is 22.9 Å². The molecule has 0 fully saturated rings. The maximum absolute atomic E-state index is 13.2. The van der Waals surface area contributed by atoms with Crippen LogP contribution in [-0.4, -0.2) is 47.8 Å². The molecule has 1 atom stereocenters. The maximum Gasteiger partial charge on any atom is 0.275 e. The average molecular weight is 454 g/mol. The van der Waals surface area contributed by atoms with Crippen LogP contribution in [-0.2, 0) is 0 Å². The Balaban J connectivity index is 1.49. The number of nitrogens with zero attached hydrogens (tertiary/aromatic N) is 3. The van der Waals surface area contributed by atoms with E-state index in [0.29, 0.717) is 39.0 Å². The number of hydrogen-bond donors (Lipinski definition) is 0. The van der Waals surface area contributed by atoms with E-state index in [1.165, 1.54) is 11.3 Å². The molecule has 0 bridgehead atoms. The summed E-state index contributed by atoms with van der Waals surface area (Å²) >= 11 is 7.42. The number of rotatable bonds is 4. The molecular formula is C23H20ClN3O3S. The number of aromatic nitrogens is 2. The summed E-state index contributed by atoms with van der Waals surface area (Å²) in [6.45, 7) is 1.24. The lowest BCUT2D eigenvalue weighted by molar-refractivity contribution is 0.0710. The molecule has 1 aliphatic heterocycles. The molecule has 0 spiro atoms. The van der Waals surface area contributed by atoms with Gasteiger partial charge in [0.1, 0.15) is 23.7 Å². The highest BCUT2D eigenvalue weighted by molar-refractivity contribution is 7.22. The molecule has 2 aromatic heterocycles. The van der Waals surface area contributed by atoms with Crippen LogP contribution in [0.5, 0.6) is 11.5 Å². The molecule has 31 heavy (non-hydrogen) atoms. The van der Waals surface area contributed by atoms with Crippen LogP contribution in [0.2, 0.25) is 5.02 Å². The lowest BCUT2D eigenvalue weighted by Gasteiger charge is -2.28. The fraction of sp³-hybridized carbons (Fsp3) is 0.217. The quantitative estimate of drug-likeness (QED) is 0.456. The number of hydrogen-bond acceptors (Lipinski definition) is 6. The van der Waals surface area contributed by atoms with Gasteiger partial charge in [-0.2, -0.15) is 0 Å². The molecule has 0 aliphatic carbocycles. The van der Waals surface area contributed by atoms with Gasteiger partial charge >= 0.3 is 0 Å². The van der Waals surface area contributed by atoms with Crippen molar-refractivity contribution in [2.24, 2.45) is 0 Å². The molecule has 2 aromatic carbocycles. The molecule has 0 unspecified atom stereocenters. The lowest BCUT2D eigenvalue weighted by Crippen LogP contribution is -2.38. The van der Waals surface area contributed by atoms with Gasteiger partial charge in [0, 0.05) is 22.5 Å². The van der Waals surface area contributed by atoms with E-state index in [2.05, 4.69) is 9.88 Å². The van der Waals surface area contributed by atoms with Gasteiger partial charge in [0.05, 0.1) is 11.2 Å². The molecule has 0 saturated carbocycles. The largest absolute Gasteiger partial charge is 0.486 e. The molecule has 158 valence electrons. The molecule has 5 rings (SSSR count). The van der Waals surface area contributed by atoms with Gasteiger partial charge in [-0.1, -0.05) is 23.7 Å². The highest BCUT2D eigenvalue weighted by Crippen LogP contribution is 2.34. The highest BCUT2D eigenvalue weighted by Gasteiger charge is 2.22. The minimum absolute atomic E-state index is 0.0218. The van der Waals surface area contributed by atoms with Crippen LogP contribution < -0.4 is 15.0 Å². The summed E-state index contributed by atoms with van der Waals surface area (Å²) in [5.41, 5.74) is 2.26. The Morgan fingerprint density at radius 2 is 1.97 bits per heavy atom. The Hall–Kier alpha value is -2.87. The van der Waals surface area contributed by atoms with Crippen LogP contribution in [0.4, 0.5) is 0 Å². The Kier molecular flexibility index (Phi) is 5.17. The number of halogens is 1. The summed E-state index contributed by atoms with van der Waals surface area (Å²) in [5.74, 6) is 1.32. The maximum atomic E-state index is 13.2. The smallest absolute Gasteiger partial charge is 0.275 e. The lowest BCUT2D eigenvalue weighted by atomic mass is 10.2. The van der Waals surface area contributed by atoms with Gasteiger partial charge in [-0.25, -0.2) is 4.98 Å². The zero-order valence-electron chi connectivity index (χ0n) is 17.0. The van der Waals surface area contributed by atoms with E-state index < -0.39 is 0 Å². The normalized spacial score (nSPS) is 15.5. The summed E-state index contributed by atoms with van der Waals surface area (Å²) in [6.07, 6.45) is 1.54. The van der Waals surface area contributed by atoms with E-state index in [0.717, 1.165) is 17.0 Å². The second kappa shape index (κ2) is 8.00. The van der Waals surface area contributed by atoms with Crippen LogP contribution in [0.1, 0.15) is 0 Å². The van der Waals surface area contributed by atoms with E-state index in [9.17, 15) is 4.79 Å². The fourth-order valence-corrected chi connectivity index (χ4v) is 4.78. The first kappa shape index (κ1) is 20.1. The Morgan fingerprint density at radius 1 is 1.16 bits per heavy atom. The van der Waals surface area contributed by atoms with Crippen molar-refractivity contribution in [1.29, 1.82) is 0 Å². The third-order valence-corrected chi connectivity index (χ3v) is 6.47. The highest BCUT2D eigenvalue weighted by atomic mass is 35.5. The summed E-state index contributed by atoms with van der Waals surface area (Å²) < 4.78 is 14.1. The summed E-state index contributed by atoms with van der Waals surface area (Å²) in [6, 6.07) is 15.0. The first-order chi connectivity index (χ1) is 15.0. The van der Waals surface area contributed by atoms with Crippen molar-refractivity contribution in [2.45, 2.75) is 6.10 Å². The molecule has 0 saturated heterocycles. The summed E-state index contributed by atoms with van der Waals surface area (Å²) in [4.78, 5) is 20.8. The summed E-state index contributed by atoms with van der Waals surface area (Å²) in [5, 5.41) is 0.678. The van der Waals surface area contributed by atoms with Crippen LogP contribution in [0.15, 0.2) is 59.7 Å². The van der Waals surface area contributed by atoms with Crippen LogP contribution in [0.25, 0.3) is 26.3 Å². The average Bonchev–Trinajstić information content (AvgIpc) is 3.19. The minimum atomic E-state index is -0.114. The topological polar surface area (TPSA) is 56.6 Å². The van der Waals surface area contributed by atoms with Gasteiger partial charge in [0.15, 0.2) is 11.5 Å². The Morgan fingerprint density at radius 3 is 2.74 bits per heavy atom. The van der Waals surface area contributed by atoms with Crippen molar-refractivity contribution >= 4 is 33.2 Å². The van der Waals surface area contributed by atoms with Gasteiger partial charge < -0.3 is 14.4 Å². The van der Waals surface area contributed by atoms with E-state index in [1.807, 2.05) is 62.6 Å². The monoisotopic (exact) mass is 453 g/mol. The van der Waals surface area contributed by atoms with Gasteiger partial charge in [0.2, 0.25) is 0 Å². The third-order valence-electron chi connectivity index (χ3n) is 5.06. The van der Waals surface area contributed by atoms with Gasteiger partial charge in [0.25, 0.3) is 5.56 Å². The fourth-order valence-electron chi connectivity index (χ4n) is 3.60. The van der Waals surface area contributed by atoms with Crippen molar-refractivity contribution in [2.75, 3.05) is 27.2 Å². The Labute approximate surface area is 188 Å². The molecule has 1 aliphatic rings. The van der Waals surface area contributed by atoms with Gasteiger partial charge in [-0.3, -0.25) is 9.36 Å². The minimum Gasteiger partial charge on any atom is -0.486 e. The molecule has 8 heteroatoms. The first-order valence-corrected chi connectivity index (χ1v) is 11.0. The molecule has 0 radical (unpaired) electrons. The number of fused-ring (bicyclic) bond motifs is 2. The first-order valence-electron chi connectivity index (χ1n) is 9.84. The molecule has 4 aromatic rings. The summed E-state index contributed by atoms with van der Waals surface area (Å²) in [7, 11) is 4.00. The predicted octanol–water partition coefficient (Wildman–Crippen LogP) is 4.47. The van der Waals surface area contributed by atoms with Crippen molar-refractivity contribution in [1.82, 2.24) is 14.5 Å². The van der Waals surface area contributed by atoms with Crippen molar-refractivity contribution in [3.8, 4) is 27.6 Å². The van der Waals surface area contributed by atoms with Gasteiger partial charge in [-0.15, -0.1) is 11.3 Å². The number of thiophene rings is 1. The third kappa shape index (κ3) is 3.92. The molecule has 3 heterocycles. The van der Waals surface area contributed by atoms with E-state index in [-0.39, 0.29) is 11.7 Å². The van der Waals surface area contributed by atoms with E-state index >= 15 is 0 Å². The number of benzene rings is 2. The number of likely N-dealkylation sites (N-methyl/N-ethyl adjacent to an activating group) is 1. The Bertz CT molecular complexity index is 1310. The van der Waals surface area contributed by atoms with E-state index in [1.54, 1.807) is 10.9 Å². The van der Waals surface area contributed by atoms with E-state index in [4.69, 9.17) is 21.1 Å². The number of ether oxygens (including phenoxy) is 2. The van der Waals surface area contributed by atoms with Crippen molar-refractivity contribution in [3.05, 3.63) is 70.2 Å². The van der Waals surface area contributed by atoms with Crippen molar-refractivity contribution in [3.63, 3.8) is 0 Å². The SMILES string of the molecule is CN(C)C[C@@H]1COc2cc(-n3cnc4cc(-c5ccc(Cl)cc5)sc4c3=O)ccc2O1. The predicted molar refractivity (Wildman–Crippen MR) is 124 cm³/mol. The van der Waals surface area contributed by atoms with Crippen LogP contribution in [0.3, 0.4) is 0 Å². The molecule has 0 amide bonds. The second-order valence-electron chi connectivity index (χ2n) is 7.70. The zero-order valence-corrected chi connectivity index (χ0v) is 18.6. The standard InChI is InChI=1S/C23H20ClN3O3S/c1-26(2)11-17-12-29-20-9-16(7-8-19(20)30-17)27-13-25-18-10-21(31-22(18)23(27)28)14-3-5-15(24)6-4-14/h3-10,13,17H,11-12H2,1-2H3/t17-/m1/s1. The molecular weight excluding hydrogens is 434 g/mol. The molecule has 0 N–H and O–H groups in total. The zero-order chi connectivity index (χ0) is 21.5. The second-order valence-corrected chi connectivity index (χ2v) is 9.18. The van der Waals surface area contributed by atoms with Gasteiger partial charge in [-0.05, 0) is 50.0 Å². The van der Waals surface area contributed by atoms with Crippen molar-refractivity contribution < 1.29 is 9.47 Å². The molecule has 6 nitrogen and oxygen atoms in total.